The van der Waals surface area contributed by atoms with Crippen LogP contribution in [0.1, 0.15) is 12.5 Å². The molecule has 0 unspecified atom stereocenters. The van der Waals surface area contributed by atoms with Crippen molar-refractivity contribution in [1.82, 2.24) is 0 Å². The molecule has 0 heterocycles. The van der Waals surface area contributed by atoms with E-state index in [2.05, 4.69) is 16.0 Å². The molecule has 2 aromatic rings. The van der Waals surface area contributed by atoms with Crippen molar-refractivity contribution < 1.29 is 14.3 Å². The molecule has 0 aliphatic rings. The highest BCUT2D eigenvalue weighted by Gasteiger charge is 2.08. The summed E-state index contributed by atoms with van der Waals surface area (Å²) in [6.45, 7) is 3.36. The van der Waals surface area contributed by atoms with E-state index in [0.29, 0.717) is 22.8 Å². The van der Waals surface area contributed by atoms with Gasteiger partial charge in [0.05, 0.1) is 12.8 Å². The van der Waals surface area contributed by atoms with E-state index in [1.165, 1.54) is 6.92 Å². The van der Waals surface area contributed by atoms with Gasteiger partial charge in [0.2, 0.25) is 5.91 Å². The van der Waals surface area contributed by atoms with Gasteiger partial charge in [0.15, 0.2) is 0 Å². The van der Waals surface area contributed by atoms with Gasteiger partial charge < -0.3 is 20.7 Å². The van der Waals surface area contributed by atoms with Crippen LogP contribution < -0.4 is 20.7 Å². The van der Waals surface area contributed by atoms with E-state index in [9.17, 15) is 9.59 Å². The molecule has 0 aliphatic heterocycles. The number of ether oxygens (including phenoxy) is 1. The van der Waals surface area contributed by atoms with Crippen LogP contribution in [0.5, 0.6) is 5.75 Å². The van der Waals surface area contributed by atoms with Crippen LogP contribution in [-0.2, 0) is 4.79 Å². The molecule has 0 saturated carbocycles. The third-order valence-electron chi connectivity index (χ3n) is 3.04. The maximum atomic E-state index is 12.1. The fourth-order valence-electron chi connectivity index (χ4n) is 2.08. The molecule has 2 rings (SSSR count). The molecule has 0 saturated heterocycles. The minimum atomic E-state index is -0.395. The Morgan fingerprint density at radius 2 is 1.65 bits per heavy atom. The smallest absolute Gasteiger partial charge is 0.323 e. The largest absolute Gasteiger partial charge is 0.495 e. The van der Waals surface area contributed by atoms with Crippen molar-refractivity contribution in [3.05, 3.63) is 48.0 Å². The molecule has 3 amide bonds. The molecular weight excluding hydrogens is 294 g/mol. The zero-order valence-electron chi connectivity index (χ0n) is 13.3. The highest BCUT2D eigenvalue weighted by atomic mass is 16.5. The summed E-state index contributed by atoms with van der Waals surface area (Å²) in [5.41, 5.74) is 2.78. The van der Waals surface area contributed by atoms with Gasteiger partial charge in [-0.25, -0.2) is 4.79 Å². The maximum absolute atomic E-state index is 12.1. The lowest BCUT2D eigenvalue weighted by atomic mass is 10.2. The Morgan fingerprint density at radius 3 is 2.30 bits per heavy atom. The molecule has 0 aromatic heterocycles. The van der Waals surface area contributed by atoms with Gasteiger partial charge in [0, 0.05) is 18.3 Å². The average Bonchev–Trinajstić information content (AvgIpc) is 2.47. The average molecular weight is 313 g/mol. The number of methoxy groups -OCH3 is 1. The molecule has 23 heavy (non-hydrogen) atoms. The number of hydrogen-bond donors (Lipinski definition) is 3. The molecular formula is C17H19N3O3. The quantitative estimate of drug-likeness (QED) is 0.806. The molecule has 0 radical (unpaired) electrons. The molecule has 0 bridgehead atoms. The second-order valence-corrected chi connectivity index (χ2v) is 5.04. The van der Waals surface area contributed by atoms with Crippen molar-refractivity contribution in [1.29, 1.82) is 0 Å². The van der Waals surface area contributed by atoms with Gasteiger partial charge in [-0.2, -0.15) is 0 Å². The van der Waals surface area contributed by atoms with Gasteiger partial charge in [0.25, 0.3) is 0 Å². The fourth-order valence-corrected chi connectivity index (χ4v) is 2.08. The number of amides is 3. The molecule has 120 valence electrons. The van der Waals surface area contributed by atoms with Gasteiger partial charge in [0.1, 0.15) is 5.75 Å². The van der Waals surface area contributed by atoms with E-state index in [4.69, 9.17) is 4.74 Å². The van der Waals surface area contributed by atoms with Crippen LogP contribution in [0.3, 0.4) is 0 Å². The molecule has 6 nitrogen and oxygen atoms in total. The minimum absolute atomic E-state index is 0.170. The predicted molar refractivity (Wildman–Crippen MR) is 91.1 cm³/mol. The van der Waals surface area contributed by atoms with Gasteiger partial charge in [-0.15, -0.1) is 0 Å². The van der Waals surface area contributed by atoms with Crippen LogP contribution in [0.25, 0.3) is 0 Å². The first-order chi connectivity index (χ1) is 11.0. The second-order valence-electron chi connectivity index (χ2n) is 5.04. The Bertz CT molecular complexity index is 729. The van der Waals surface area contributed by atoms with Gasteiger partial charge in [-0.3, -0.25) is 4.79 Å². The number of anilines is 3. The number of hydrogen-bond acceptors (Lipinski definition) is 3. The van der Waals surface area contributed by atoms with Crippen molar-refractivity contribution in [2.45, 2.75) is 13.8 Å². The topological polar surface area (TPSA) is 79.5 Å². The Balaban J connectivity index is 2.08. The highest BCUT2D eigenvalue weighted by Crippen LogP contribution is 2.25. The van der Waals surface area contributed by atoms with Crippen molar-refractivity contribution >= 4 is 29.0 Å². The summed E-state index contributed by atoms with van der Waals surface area (Å²) in [7, 11) is 1.55. The van der Waals surface area contributed by atoms with E-state index in [0.717, 1.165) is 5.56 Å². The Kier molecular flexibility index (Phi) is 5.19. The molecule has 0 spiro atoms. The number of aryl methyl sites for hydroxylation is 1. The molecule has 0 fully saturated rings. The Morgan fingerprint density at radius 1 is 0.957 bits per heavy atom. The summed E-state index contributed by atoms with van der Waals surface area (Å²) in [4.78, 5) is 23.2. The minimum Gasteiger partial charge on any atom is -0.495 e. The third kappa shape index (κ3) is 4.74. The van der Waals surface area contributed by atoms with Crippen LogP contribution >= 0.6 is 0 Å². The Labute approximate surface area is 134 Å². The standard InChI is InChI=1S/C17H19N3O3/c1-11-7-8-16(23-3)15(9-11)20-17(22)19-14-6-4-5-13(10-14)18-12(2)21/h4-10H,1-3H3,(H,18,21)(H2,19,20,22). The van der Waals surface area contributed by atoms with Crippen LogP contribution in [0.4, 0.5) is 21.9 Å². The summed E-state index contributed by atoms with van der Waals surface area (Å²) >= 11 is 0. The Hall–Kier alpha value is -3.02. The zero-order valence-corrected chi connectivity index (χ0v) is 13.3. The van der Waals surface area contributed by atoms with Crippen molar-refractivity contribution in [3.8, 4) is 5.75 Å². The number of carbonyl (C=O) groups is 2. The summed E-state index contributed by atoms with van der Waals surface area (Å²) in [5, 5.41) is 8.13. The van der Waals surface area contributed by atoms with E-state index >= 15 is 0 Å². The van der Waals surface area contributed by atoms with Gasteiger partial charge >= 0.3 is 6.03 Å². The molecule has 0 atom stereocenters. The predicted octanol–water partition coefficient (Wildman–Crippen LogP) is 3.61. The van der Waals surface area contributed by atoms with Crippen molar-refractivity contribution in [3.63, 3.8) is 0 Å². The third-order valence-corrected chi connectivity index (χ3v) is 3.04. The normalized spacial score (nSPS) is 9.87. The molecule has 2 aromatic carbocycles. The van der Waals surface area contributed by atoms with E-state index in [-0.39, 0.29) is 5.91 Å². The molecule has 0 aliphatic carbocycles. The number of nitrogens with one attached hydrogen (secondary N) is 3. The summed E-state index contributed by atoms with van der Waals surface area (Å²) in [6, 6.07) is 12.0. The van der Waals surface area contributed by atoms with Gasteiger partial charge in [-0.05, 0) is 42.8 Å². The lowest BCUT2D eigenvalue weighted by Gasteiger charge is -2.12. The van der Waals surface area contributed by atoms with E-state index in [1.807, 2.05) is 19.1 Å². The fraction of sp³-hybridized carbons (Fsp3) is 0.176. The lowest BCUT2D eigenvalue weighted by Crippen LogP contribution is -2.20. The van der Waals surface area contributed by atoms with Gasteiger partial charge in [-0.1, -0.05) is 12.1 Å². The number of rotatable bonds is 4. The van der Waals surface area contributed by atoms with Crippen LogP contribution in [0.2, 0.25) is 0 Å². The monoisotopic (exact) mass is 313 g/mol. The van der Waals surface area contributed by atoms with Crippen LogP contribution in [0, 0.1) is 6.92 Å². The molecule has 3 N–H and O–H groups in total. The maximum Gasteiger partial charge on any atom is 0.323 e. The number of benzene rings is 2. The SMILES string of the molecule is COc1ccc(C)cc1NC(=O)Nc1cccc(NC(C)=O)c1. The summed E-state index contributed by atoms with van der Waals surface area (Å²) in [6.07, 6.45) is 0. The van der Waals surface area contributed by atoms with E-state index in [1.54, 1.807) is 37.4 Å². The van der Waals surface area contributed by atoms with Crippen molar-refractivity contribution in [2.75, 3.05) is 23.1 Å². The highest BCUT2D eigenvalue weighted by molar-refractivity contribution is 6.01. The first-order valence-corrected chi connectivity index (χ1v) is 7.08. The van der Waals surface area contributed by atoms with Crippen molar-refractivity contribution in [2.24, 2.45) is 0 Å². The van der Waals surface area contributed by atoms with E-state index < -0.39 is 6.03 Å². The second kappa shape index (κ2) is 7.31. The summed E-state index contributed by atoms with van der Waals surface area (Å²) in [5.74, 6) is 0.411. The summed E-state index contributed by atoms with van der Waals surface area (Å²) < 4.78 is 5.22. The molecule has 6 heteroatoms. The first-order valence-electron chi connectivity index (χ1n) is 7.08. The zero-order chi connectivity index (χ0) is 16.8. The van der Waals surface area contributed by atoms with Crippen LogP contribution in [0.15, 0.2) is 42.5 Å². The first kappa shape index (κ1) is 16.4. The van der Waals surface area contributed by atoms with Crippen LogP contribution in [-0.4, -0.2) is 19.0 Å². The number of urea groups is 1. The lowest BCUT2D eigenvalue weighted by molar-refractivity contribution is -0.114. The number of carbonyl (C=O) groups excluding carboxylic acids is 2.